The molecule has 0 spiro atoms. The molecule has 0 unspecified atom stereocenters. The number of amides is 1. The predicted octanol–water partition coefficient (Wildman–Crippen LogP) is 3.99. The largest absolute Gasteiger partial charge is 0.478 e. The molecular formula is C14H12ClIN2O2. The zero-order chi connectivity index (χ0) is 14.5. The standard InChI is InChI=1S/C14H12ClIN2O2/c1-2-20-13-7-9(5-6-17-13)14(19)18-10-3-4-11(15)12(16)8-10/h3-8H,2H2,1H3,(H,18,19). The van der Waals surface area contributed by atoms with Crippen molar-refractivity contribution < 1.29 is 9.53 Å². The Labute approximate surface area is 135 Å². The zero-order valence-electron chi connectivity index (χ0n) is 10.7. The van der Waals surface area contributed by atoms with E-state index in [1.165, 1.54) is 0 Å². The van der Waals surface area contributed by atoms with Gasteiger partial charge >= 0.3 is 0 Å². The fraction of sp³-hybridized carbons (Fsp3) is 0.143. The third-order valence-corrected chi connectivity index (χ3v) is 4.01. The van der Waals surface area contributed by atoms with Gasteiger partial charge in [-0.3, -0.25) is 4.79 Å². The average molecular weight is 403 g/mol. The molecule has 104 valence electrons. The molecule has 1 aromatic carbocycles. The number of carbonyl (C=O) groups excluding carboxylic acids is 1. The molecule has 0 aliphatic carbocycles. The van der Waals surface area contributed by atoms with Crippen molar-refractivity contribution >= 4 is 45.8 Å². The van der Waals surface area contributed by atoms with Gasteiger partial charge in [-0.05, 0) is 53.8 Å². The lowest BCUT2D eigenvalue weighted by Gasteiger charge is -2.07. The maximum absolute atomic E-state index is 12.1. The van der Waals surface area contributed by atoms with Crippen LogP contribution in [-0.2, 0) is 0 Å². The van der Waals surface area contributed by atoms with E-state index in [4.69, 9.17) is 16.3 Å². The topological polar surface area (TPSA) is 51.2 Å². The molecule has 1 heterocycles. The number of hydrogen-bond acceptors (Lipinski definition) is 3. The smallest absolute Gasteiger partial charge is 0.255 e. The molecule has 0 bridgehead atoms. The van der Waals surface area contributed by atoms with Crippen LogP contribution in [0.4, 0.5) is 5.69 Å². The summed E-state index contributed by atoms with van der Waals surface area (Å²) in [6.45, 7) is 2.37. The summed E-state index contributed by atoms with van der Waals surface area (Å²) in [6.07, 6.45) is 1.55. The number of halogens is 2. The molecule has 4 nitrogen and oxygen atoms in total. The molecule has 0 aliphatic heterocycles. The molecular weight excluding hydrogens is 391 g/mol. The van der Waals surface area contributed by atoms with Crippen LogP contribution in [-0.4, -0.2) is 17.5 Å². The summed E-state index contributed by atoms with van der Waals surface area (Å²) in [5.74, 6) is 0.220. The van der Waals surface area contributed by atoms with Gasteiger partial charge in [-0.1, -0.05) is 11.6 Å². The van der Waals surface area contributed by atoms with Crippen molar-refractivity contribution in [2.75, 3.05) is 11.9 Å². The van der Waals surface area contributed by atoms with Gasteiger partial charge in [-0.2, -0.15) is 0 Å². The fourth-order valence-electron chi connectivity index (χ4n) is 1.55. The zero-order valence-corrected chi connectivity index (χ0v) is 13.6. The fourth-order valence-corrected chi connectivity index (χ4v) is 2.19. The first-order valence-electron chi connectivity index (χ1n) is 5.95. The summed E-state index contributed by atoms with van der Waals surface area (Å²) in [5, 5.41) is 3.47. The van der Waals surface area contributed by atoms with Crippen LogP contribution >= 0.6 is 34.2 Å². The Morgan fingerprint density at radius 3 is 2.90 bits per heavy atom. The molecule has 0 radical (unpaired) electrons. The lowest BCUT2D eigenvalue weighted by Crippen LogP contribution is -2.12. The van der Waals surface area contributed by atoms with E-state index in [0.29, 0.717) is 28.8 Å². The number of nitrogens with zero attached hydrogens (tertiary/aromatic N) is 1. The number of ether oxygens (including phenoxy) is 1. The van der Waals surface area contributed by atoms with Crippen molar-refractivity contribution in [3.63, 3.8) is 0 Å². The molecule has 0 aliphatic rings. The number of pyridine rings is 1. The second kappa shape index (κ2) is 6.90. The van der Waals surface area contributed by atoms with Crippen molar-refractivity contribution in [1.82, 2.24) is 4.98 Å². The summed E-state index contributed by atoms with van der Waals surface area (Å²) >= 11 is 8.06. The third kappa shape index (κ3) is 3.83. The maximum atomic E-state index is 12.1. The summed E-state index contributed by atoms with van der Waals surface area (Å²) < 4.78 is 6.15. The molecule has 0 saturated carbocycles. The Kier molecular flexibility index (Phi) is 5.19. The van der Waals surface area contributed by atoms with E-state index in [1.54, 1.807) is 30.5 Å². The Morgan fingerprint density at radius 2 is 2.20 bits per heavy atom. The van der Waals surface area contributed by atoms with Crippen LogP contribution < -0.4 is 10.1 Å². The first-order chi connectivity index (χ1) is 9.60. The van der Waals surface area contributed by atoms with Gasteiger partial charge in [0.2, 0.25) is 5.88 Å². The van der Waals surface area contributed by atoms with Gasteiger partial charge in [-0.25, -0.2) is 4.98 Å². The molecule has 0 atom stereocenters. The number of carbonyl (C=O) groups is 1. The first kappa shape index (κ1) is 15.1. The molecule has 0 saturated heterocycles. The monoisotopic (exact) mass is 402 g/mol. The highest BCUT2D eigenvalue weighted by Gasteiger charge is 2.09. The summed E-state index contributed by atoms with van der Waals surface area (Å²) in [7, 11) is 0. The molecule has 1 N–H and O–H groups in total. The van der Waals surface area contributed by atoms with E-state index < -0.39 is 0 Å². The number of benzene rings is 1. The quantitative estimate of drug-likeness (QED) is 0.787. The molecule has 2 aromatic rings. The molecule has 0 fully saturated rings. The van der Waals surface area contributed by atoms with Crippen LogP contribution in [0.3, 0.4) is 0 Å². The number of rotatable bonds is 4. The molecule has 1 aromatic heterocycles. The van der Waals surface area contributed by atoms with Gasteiger partial charge in [0.1, 0.15) is 0 Å². The van der Waals surface area contributed by atoms with Gasteiger partial charge in [0, 0.05) is 27.1 Å². The van der Waals surface area contributed by atoms with Gasteiger partial charge < -0.3 is 10.1 Å². The van der Waals surface area contributed by atoms with Crippen LogP contribution in [0.2, 0.25) is 5.02 Å². The van der Waals surface area contributed by atoms with Gasteiger partial charge in [-0.15, -0.1) is 0 Å². The second-order valence-electron chi connectivity index (χ2n) is 3.90. The number of aromatic nitrogens is 1. The molecule has 20 heavy (non-hydrogen) atoms. The van der Waals surface area contributed by atoms with Crippen LogP contribution in [0, 0.1) is 3.57 Å². The Balaban J connectivity index is 2.15. The van der Waals surface area contributed by atoms with Crippen molar-refractivity contribution in [1.29, 1.82) is 0 Å². The predicted molar refractivity (Wildman–Crippen MR) is 87.5 cm³/mol. The molecule has 2 rings (SSSR count). The van der Waals surface area contributed by atoms with Gasteiger partial charge in [0.15, 0.2) is 0 Å². The minimum absolute atomic E-state index is 0.216. The second-order valence-corrected chi connectivity index (χ2v) is 5.47. The minimum atomic E-state index is -0.216. The maximum Gasteiger partial charge on any atom is 0.255 e. The highest BCUT2D eigenvalue weighted by Crippen LogP contribution is 2.22. The van der Waals surface area contributed by atoms with Crippen LogP contribution in [0.5, 0.6) is 5.88 Å². The van der Waals surface area contributed by atoms with Crippen LogP contribution in [0.1, 0.15) is 17.3 Å². The van der Waals surface area contributed by atoms with Crippen LogP contribution in [0.15, 0.2) is 36.5 Å². The average Bonchev–Trinajstić information content (AvgIpc) is 2.43. The van der Waals surface area contributed by atoms with Gasteiger partial charge in [0.05, 0.1) is 11.6 Å². The van der Waals surface area contributed by atoms with E-state index in [0.717, 1.165) is 3.57 Å². The Bertz CT molecular complexity index is 634. The highest BCUT2D eigenvalue weighted by atomic mass is 127. The van der Waals surface area contributed by atoms with Crippen molar-refractivity contribution in [3.8, 4) is 5.88 Å². The summed E-state index contributed by atoms with van der Waals surface area (Å²) in [5.41, 5.74) is 1.19. The van der Waals surface area contributed by atoms with Gasteiger partial charge in [0.25, 0.3) is 5.91 Å². The first-order valence-corrected chi connectivity index (χ1v) is 7.41. The lowest BCUT2D eigenvalue weighted by atomic mass is 10.2. The SMILES string of the molecule is CCOc1cc(C(=O)Nc2ccc(Cl)c(I)c2)ccn1. The Morgan fingerprint density at radius 1 is 1.40 bits per heavy atom. The number of hydrogen-bond donors (Lipinski definition) is 1. The normalized spacial score (nSPS) is 10.2. The summed E-state index contributed by atoms with van der Waals surface area (Å²) in [6, 6.07) is 8.56. The summed E-state index contributed by atoms with van der Waals surface area (Å²) in [4.78, 5) is 16.2. The number of nitrogens with one attached hydrogen (secondary N) is 1. The van der Waals surface area contributed by atoms with Crippen molar-refractivity contribution in [2.24, 2.45) is 0 Å². The Hall–Kier alpha value is -1.34. The van der Waals surface area contributed by atoms with E-state index in [1.807, 2.05) is 13.0 Å². The van der Waals surface area contributed by atoms with Crippen molar-refractivity contribution in [3.05, 3.63) is 50.7 Å². The molecule has 6 heteroatoms. The minimum Gasteiger partial charge on any atom is -0.478 e. The van der Waals surface area contributed by atoms with E-state index in [9.17, 15) is 4.79 Å². The van der Waals surface area contributed by atoms with E-state index >= 15 is 0 Å². The van der Waals surface area contributed by atoms with Crippen LogP contribution in [0.25, 0.3) is 0 Å². The van der Waals surface area contributed by atoms with E-state index in [2.05, 4.69) is 32.9 Å². The van der Waals surface area contributed by atoms with E-state index in [-0.39, 0.29) is 5.91 Å². The third-order valence-electron chi connectivity index (χ3n) is 2.47. The van der Waals surface area contributed by atoms with Crippen molar-refractivity contribution in [2.45, 2.75) is 6.92 Å². The highest BCUT2D eigenvalue weighted by molar-refractivity contribution is 14.1. The number of anilines is 1. The lowest BCUT2D eigenvalue weighted by molar-refractivity contribution is 0.102. The molecule has 1 amide bonds.